The van der Waals surface area contributed by atoms with Crippen molar-refractivity contribution in [3.63, 3.8) is 0 Å². The van der Waals surface area contributed by atoms with Gasteiger partial charge in [0.05, 0.1) is 23.4 Å². The standard InChI is InChI=1S/C23H30ClN7O4S/c1-12-7-10-15(35-12)18(23(2,3)4)28-22-21(29-19-20(30-22)26-11-25-19)27-14-9-8-13(24)17(16(14)32)36(33,34)31(5)6/h7-10,18,32H,11H2,1-6H3,(H2,25,27,29)(H2,26,28,30)/t18-/m0/s1. The van der Waals surface area contributed by atoms with Gasteiger partial charge < -0.3 is 30.8 Å². The van der Waals surface area contributed by atoms with Gasteiger partial charge in [0.1, 0.15) is 16.4 Å². The van der Waals surface area contributed by atoms with Crippen LogP contribution in [0.2, 0.25) is 5.02 Å². The van der Waals surface area contributed by atoms with Crippen molar-refractivity contribution in [3.8, 4) is 5.75 Å². The minimum Gasteiger partial charge on any atom is -0.504 e. The van der Waals surface area contributed by atoms with Gasteiger partial charge in [-0.15, -0.1) is 0 Å². The number of furan rings is 1. The average molecular weight is 536 g/mol. The Bertz CT molecular complexity index is 1400. The number of aromatic nitrogens is 2. The van der Waals surface area contributed by atoms with Crippen LogP contribution < -0.4 is 21.3 Å². The third kappa shape index (κ3) is 4.88. The maximum Gasteiger partial charge on any atom is 0.247 e. The number of nitrogens with zero attached hydrogens (tertiary/aromatic N) is 3. The Balaban J connectivity index is 1.80. The number of hydrogen-bond donors (Lipinski definition) is 5. The van der Waals surface area contributed by atoms with E-state index < -0.39 is 20.7 Å². The molecule has 1 aromatic carbocycles. The largest absolute Gasteiger partial charge is 0.504 e. The molecule has 0 saturated carbocycles. The maximum absolute atomic E-state index is 12.8. The number of aromatic hydroxyl groups is 1. The van der Waals surface area contributed by atoms with Crippen LogP contribution in [0.25, 0.3) is 0 Å². The predicted octanol–water partition coefficient (Wildman–Crippen LogP) is 4.73. The van der Waals surface area contributed by atoms with Crippen LogP contribution in [-0.4, -0.2) is 48.6 Å². The van der Waals surface area contributed by atoms with Crippen LogP contribution in [0.4, 0.5) is 29.0 Å². The van der Waals surface area contributed by atoms with Gasteiger partial charge in [0.2, 0.25) is 10.0 Å². The molecule has 0 saturated heterocycles. The van der Waals surface area contributed by atoms with Gasteiger partial charge in [-0.2, -0.15) is 0 Å². The quantitative estimate of drug-likeness (QED) is 0.269. The molecule has 36 heavy (non-hydrogen) atoms. The molecule has 2 aromatic heterocycles. The fourth-order valence-electron chi connectivity index (χ4n) is 3.74. The van der Waals surface area contributed by atoms with Crippen molar-refractivity contribution in [3.05, 3.63) is 40.8 Å². The van der Waals surface area contributed by atoms with Gasteiger partial charge in [-0.25, -0.2) is 22.7 Å². The first-order valence-corrected chi connectivity index (χ1v) is 13.0. The summed E-state index contributed by atoms with van der Waals surface area (Å²) in [6, 6.07) is 6.41. The van der Waals surface area contributed by atoms with E-state index in [4.69, 9.17) is 21.0 Å². The SMILES string of the molecule is Cc1ccc([C@H](Nc2nc3c(nc2Nc2ccc(Cl)c(S(=O)(=O)N(C)C)c2O)NCN3)C(C)(C)C)o1. The minimum absolute atomic E-state index is 0.100. The summed E-state index contributed by atoms with van der Waals surface area (Å²) < 4.78 is 32.5. The third-order valence-electron chi connectivity index (χ3n) is 5.68. The lowest BCUT2D eigenvalue weighted by Crippen LogP contribution is -2.26. The molecule has 3 aromatic rings. The smallest absolute Gasteiger partial charge is 0.247 e. The van der Waals surface area contributed by atoms with Crippen LogP contribution >= 0.6 is 11.6 Å². The second kappa shape index (κ2) is 9.34. The summed E-state index contributed by atoms with van der Waals surface area (Å²) in [6.45, 7) is 8.54. The number of nitrogens with one attached hydrogen (secondary N) is 4. The summed E-state index contributed by atoms with van der Waals surface area (Å²) >= 11 is 6.17. The van der Waals surface area contributed by atoms with Gasteiger partial charge in [0, 0.05) is 14.1 Å². The third-order valence-corrected chi connectivity index (χ3v) is 7.99. The molecule has 5 N–H and O–H groups in total. The first kappa shape index (κ1) is 25.9. The normalized spacial score (nSPS) is 14.2. The van der Waals surface area contributed by atoms with Gasteiger partial charge >= 0.3 is 0 Å². The Morgan fingerprint density at radius 3 is 2.31 bits per heavy atom. The fourth-order valence-corrected chi connectivity index (χ4v) is 5.22. The number of sulfonamides is 1. The lowest BCUT2D eigenvalue weighted by Gasteiger charge is -2.31. The molecule has 0 aliphatic carbocycles. The number of benzene rings is 1. The van der Waals surface area contributed by atoms with E-state index in [0.29, 0.717) is 24.1 Å². The van der Waals surface area contributed by atoms with Crippen LogP contribution in [0.15, 0.2) is 33.6 Å². The average Bonchev–Trinajstić information content (AvgIpc) is 3.41. The van der Waals surface area contributed by atoms with Crippen molar-refractivity contribution in [2.45, 2.75) is 38.6 Å². The summed E-state index contributed by atoms with van der Waals surface area (Å²) in [6.07, 6.45) is 0. The van der Waals surface area contributed by atoms with Crippen molar-refractivity contribution >= 4 is 50.6 Å². The number of hydrogen-bond acceptors (Lipinski definition) is 10. The molecule has 0 radical (unpaired) electrons. The van der Waals surface area contributed by atoms with E-state index >= 15 is 0 Å². The van der Waals surface area contributed by atoms with Gasteiger partial charge in [-0.1, -0.05) is 32.4 Å². The first-order chi connectivity index (χ1) is 16.8. The number of phenolic OH excluding ortho intramolecular Hbond substituents is 1. The summed E-state index contributed by atoms with van der Waals surface area (Å²) in [7, 11) is -1.30. The second-order valence-corrected chi connectivity index (χ2v) is 12.2. The Morgan fingerprint density at radius 2 is 1.75 bits per heavy atom. The van der Waals surface area contributed by atoms with Crippen molar-refractivity contribution in [2.75, 3.05) is 42.0 Å². The lowest BCUT2D eigenvalue weighted by molar-refractivity contribution is 0.300. The highest BCUT2D eigenvalue weighted by molar-refractivity contribution is 7.89. The molecule has 0 fully saturated rings. The molecule has 11 nitrogen and oxygen atoms in total. The van der Waals surface area contributed by atoms with E-state index in [2.05, 4.69) is 47.0 Å². The second-order valence-electron chi connectivity index (χ2n) is 9.73. The summed E-state index contributed by atoms with van der Waals surface area (Å²) in [5.74, 6) is 2.71. The fraction of sp³-hybridized carbons (Fsp3) is 0.391. The van der Waals surface area contributed by atoms with E-state index in [0.717, 1.165) is 15.8 Å². The summed E-state index contributed by atoms with van der Waals surface area (Å²) in [5, 5.41) is 23.5. The van der Waals surface area contributed by atoms with Gasteiger partial charge in [-0.3, -0.25) is 0 Å². The molecule has 0 spiro atoms. The van der Waals surface area contributed by atoms with Crippen LogP contribution in [0.5, 0.6) is 5.75 Å². The van der Waals surface area contributed by atoms with Gasteiger partial charge in [0.25, 0.3) is 0 Å². The molecule has 0 unspecified atom stereocenters. The first-order valence-electron chi connectivity index (χ1n) is 11.2. The Labute approximate surface area is 215 Å². The maximum atomic E-state index is 12.8. The number of rotatable bonds is 7. The van der Waals surface area contributed by atoms with Crippen LogP contribution in [0, 0.1) is 12.3 Å². The summed E-state index contributed by atoms with van der Waals surface area (Å²) in [4.78, 5) is 8.92. The minimum atomic E-state index is -4.02. The molecule has 1 aliphatic rings. The molecule has 3 heterocycles. The Kier molecular flexibility index (Phi) is 6.71. The highest BCUT2D eigenvalue weighted by Gasteiger charge is 2.32. The molecule has 194 valence electrons. The molecule has 0 bridgehead atoms. The van der Waals surface area contributed by atoms with E-state index in [9.17, 15) is 13.5 Å². The van der Waals surface area contributed by atoms with Crippen molar-refractivity contribution in [1.82, 2.24) is 14.3 Å². The van der Waals surface area contributed by atoms with Gasteiger partial charge in [0.15, 0.2) is 29.0 Å². The zero-order chi connectivity index (χ0) is 26.4. The van der Waals surface area contributed by atoms with E-state index in [1.165, 1.54) is 26.2 Å². The highest BCUT2D eigenvalue weighted by Crippen LogP contribution is 2.42. The van der Waals surface area contributed by atoms with E-state index in [-0.39, 0.29) is 28.0 Å². The topological polar surface area (TPSA) is 145 Å². The highest BCUT2D eigenvalue weighted by atomic mass is 35.5. The Morgan fingerprint density at radius 1 is 1.11 bits per heavy atom. The van der Waals surface area contributed by atoms with Crippen molar-refractivity contribution < 1.29 is 17.9 Å². The van der Waals surface area contributed by atoms with Crippen LogP contribution in [0.3, 0.4) is 0 Å². The predicted molar refractivity (Wildman–Crippen MR) is 141 cm³/mol. The van der Waals surface area contributed by atoms with Crippen molar-refractivity contribution in [2.24, 2.45) is 5.41 Å². The monoisotopic (exact) mass is 535 g/mol. The molecule has 1 aliphatic heterocycles. The molecule has 13 heteroatoms. The number of phenols is 1. The molecule has 4 rings (SSSR count). The number of aryl methyl sites for hydroxylation is 1. The number of halogens is 1. The van der Waals surface area contributed by atoms with E-state index in [1.807, 2.05) is 19.1 Å². The number of fused-ring (bicyclic) bond motifs is 1. The van der Waals surface area contributed by atoms with Crippen LogP contribution in [0.1, 0.15) is 38.3 Å². The van der Waals surface area contributed by atoms with Crippen LogP contribution in [-0.2, 0) is 10.0 Å². The number of anilines is 5. The van der Waals surface area contributed by atoms with Crippen molar-refractivity contribution in [1.29, 1.82) is 0 Å². The molecular weight excluding hydrogens is 506 g/mol. The molecular formula is C23H30ClN7O4S. The zero-order valence-corrected chi connectivity index (χ0v) is 22.5. The lowest BCUT2D eigenvalue weighted by atomic mass is 9.85. The molecule has 1 atom stereocenters. The Hall–Kier alpha value is -3.22. The zero-order valence-electron chi connectivity index (χ0n) is 20.9. The molecule has 0 amide bonds. The van der Waals surface area contributed by atoms with E-state index in [1.54, 1.807) is 0 Å². The van der Waals surface area contributed by atoms with Gasteiger partial charge in [-0.05, 0) is 36.6 Å². The summed E-state index contributed by atoms with van der Waals surface area (Å²) in [5.41, 5.74) is -0.173.